The van der Waals surface area contributed by atoms with Crippen molar-refractivity contribution in [1.29, 1.82) is 0 Å². The molecule has 3 N–H and O–H groups in total. The SMILES string of the molecule is Cc1cc(Nc2ccccc2N(C)C)ncc1N. The summed E-state index contributed by atoms with van der Waals surface area (Å²) in [5, 5.41) is 3.31. The van der Waals surface area contributed by atoms with Crippen molar-refractivity contribution in [2.75, 3.05) is 30.0 Å². The molecule has 4 nitrogen and oxygen atoms in total. The van der Waals surface area contributed by atoms with Crippen LogP contribution in [0.5, 0.6) is 0 Å². The average molecular weight is 242 g/mol. The Morgan fingerprint density at radius 1 is 1.22 bits per heavy atom. The van der Waals surface area contributed by atoms with Gasteiger partial charge in [0.05, 0.1) is 23.3 Å². The minimum Gasteiger partial charge on any atom is -0.397 e. The quantitative estimate of drug-likeness (QED) is 0.869. The molecule has 4 heteroatoms. The lowest BCUT2D eigenvalue weighted by atomic mass is 10.2. The zero-order chi connectivity index (χ0) is 13.1. The summed E-state index contributed by atoms with van der Waals surface area (Å²) >= 11 is 0. The Bertz CT molecular complexity index is 549. The van der Waals surface area contributed by atoms with Crippen molar-refractivity contribution in [2.45, 2.75) is 6.92 Å². The van der Waals surface area contributed by atoms with Crippen molar-refractivity contribution < 1.29 is 0 Å². The van der Waals surface area contributed by atoms with E-state index < -0.39 is 0 Å². The Hall–Kier alpha value is -2.23. The maximum Gasteiger partial charge on any atom is 0.130 e. The van der Waals surface area contributed by atoms with E-state index in [9.17, 15) is 0 Å². The Balaban J connectivity index is 2.31. The first-order valence-electron chi connectivity index (χ1n) is 5.83. The van der Waals surface area contributed by atoms with Gasteiger partial charge >= 0.3 is 0 Å². The number of nitrogens with zero attached hydrogens (tertiary/aromatic N) is 2. The molecule has 0 bridgehead atoms. The number of nitrogens with two attached hydrogens (primary N) is 1. The number of pyridine rings is 1. The number of benzene rings is 1. The molecule has 2 aromatic rings. The maximum absolute atomic E-state index is 5.76. The lowest BCUT2D eigenvalue weighted by Crippen LogP contribution is -2.11. The van der Waals surface area contributed by atoms with E-state index in [-0.39, 0.29) is 0 Å². The van der Waals surface area contributed by atoms with Crippen LogP contribution in [0.15, 0.2) is 36.5 Å². The van der Waals surface area contributed by atoms with Crippen LogP contribution in [0.3, 0.4) is 0 Å². The van der Waals surface area contributed by atoms with Crippen LogP contribution < -0.4 is 16.0 Å². The van der Waals surface area contributed by atoms with Crippen molar-refractivity contribution in [3.8, 4) is 0 Å². The number of rotatable bonds is 3. The molecule has 18 heavy (non-hydrogen) atoms. The minimum atomic E-state index is 0.710. The molecule has 0 spiro atoms. The van der Waals surface area contributed by atoms with Gasteiger partial charge in [-0.15, -0.1) is 0 Å². The third kappa shape index (κ3) is 2.53. The zero-order valence-electron chi connectivity index (χ0n) is 10.9. The number of aryl methyl sites for hydroxylation is 1. The molecule has 1 heterocycles. The zero-order valence-corrected chi connectivity index (χ0v) is 10.9. The smallest absolute Gasteiger partial charge is 0.130 e. The predicted molar refractivity (Wildman–Crippen MR) is 77.4 cm³/mol. The largest absolute Gasteiger partial charge is 0.397 e. The summed E-state index contributed by atoms with van der Waals surface area (Å²) < 4.78 is 0. The van der Waals surface area contributed by atoms with E-state index in [0.717, 1.165) is 22.8 Å². The monoisotopic (exact) mass is 242 g/mol. The highest BCUT2D eigenvalue weighted by atomic mass is 15.1. The van der Waals surface area contributed by atoms with Gasteiger partial charge in [0.25, 0.3) is 0 Å². The van der Waals surface area contributed by atoms with Crippen molar-refractivity contribution in [3.05, 3.63) is 42.1 Å². The van der Waals surface area contributed by atoms with E-state index in [2.05, 4.69) is 21.3 Å². The van der Waals surface area contributed by atoms with Gasteiger partial charge < -0.3 is 16.0 Å². The lowest BCUT2D eigenvalue weighted by Gasteiger charge is -2.18. The molecule has 0 atom stereocenters. The lowest BCUT2D eigenvalue weighted by molar-refractivity contribution is 1.13. The number of aromatic nitrogens is 1. The van der Waals surface area contributed by atoms with Gasteiger partial charge in [0, 0.05) is 14.1 Å². The molecule has 1 aromatic heterocycles. The second-order valence-corrected chi connectivity index (χ2v) is 4.46. The average Bonchev–Trinajstić information content (AvgIpc) is 2.34. The summed E-state index contributed by atoms with van der Waals surface area (Å²) in [6, 6.07) is 10.1. The molecular weight excluding hydrogens is 224 g/mol. The fraction of sp³-hybridized carbons (Fsp3) is 0.214. The number of hydrogen-bond acceptors (Lipinski definition) is 4. The fourth-order valence-electron chi connectivity index (χ4n) is 1.74. The summed E-state index contributed by atoms with van der Waals surface area (Å²) in [6.45, 7) is 1.97. The first kappa shape index (κ1) is 12.2. The molecule has 2 rings (SSSR count). The molecule has 0 radical (unpaired) electrons. The molecule has 0 saturated carbocycles. The third-order valence-corrected chi connectivity index (χ3v) is 2.80. The molecule has 94 valence electrons. The maximum atomic E-state index is 5.76. The first-order valence-corrected chi connectivity index (χ1v) is 5.83. The van der Waals surface area contributed by atoms with Gasteiger partial charge in [0.15, 0.2) is 0 Å². The number of para-hydroxylation sites is 2. The second kappa shape index (κ2) is 4.96. The standard InChI is InChI=1S/C14H18N4/c1-10-8-14(16-9-11(10)15)17-12-6-4-5-7-13(12)18(2)3/h4-9H,15H2,1-3H3,(H,16,17). The van der Waals surface area contributed by atoms with Crippen molar-refractivity contribution in [2.24, 2.45) is 0 Å². The normalized spacial score (nSPS) is 10.2. The summed E-state index contributed by atoms with van der Waals surface area (Å²) in [5.41, 5.74) is 9.64. The summed E-state index contributed by atoms with van der Waals surface area (Å²) in [4.78, 5) is 6.34. The molecule has 0 aliphatic rings. The molecule has 0 aliphatic heterocycles. The Labute approximate surface area is 107 Å². The summed E-state index contributed by atoms with van der Waals surface area (Å²) in [7, 11) is 4.03. The van der Waals surface area contributed by atoms with E-state index in [1.54, 1.807) is 6.20 Å². The molecule has 0 unspecified atom stereocenters. The van der Waals surface area contributed by atoms with E-state index in [1.807, 2.05) is 45.3 Å². The van der Waals surface area contributed by atoms with E-state index in [1.165, 1.54) is 0 Å². The van der Waals surface area contributed by atoms with Crippen LogP contribution in [0.4, 0.5) is 22.9 Å². The Kier molecular flexibility index (Phi) is 3.37. The fourth-order valence-corrected chi connectivity index (χ4v) is 1.74. The van der Waals surface area contributed by atoms with Crippen LogP contribution >= 0.6 is 0 Å². The minimum absolute atomic E-state index is 0.710. The number of hydrogen-bond donors (Lipinski definition) is 2. The van der Waals surface area contributed by atoms with Crippen LogP contribution in [-0.2, 0) is 0 Å². The molecule has 0 aliphatic carbocycles. The number of anilines is 4. The van der Waals surface area contributed by atoms with Crippen molar-refractivity contribution >= 4 is 22.9 Å². The van der Waals surface area contributed by atoms with E-state index in [0.29, 0.717) is 5.69 Å². The Morgan fingerprint density at radius 2 is 1.94 bits per heavy atom. The van der Waals surface area contributed by atoms with Crippen molar-refractivity contribution in [1.82, 2.24) is 4.98 Å². The van der Waals surface area contributed by atoms with Gasteiger partial charge in [0.2, 0.25) is 0 Å². The first-order chi connectivity index (χ1) is 8.58. The summed E-state index contributed by atoms with van der Waals surface area (Å²) in [5.74, 6) is 0.802. The highest BCUT2D eigenvalue weighted by molar-refractivity contribution is 5.74. The topological polar surface area (TPSA) is 54.2 Å². The van der Waals surface area contributed by atoms with Gasteiger partial charge in [-0.3, -0.25) is 0 Å². The van der Waals surface area contributed by atoms with Gasteiger partial charge in [-0.1, -0.05) is 12.1 Å². The van der Waals surface area contributed by atoms with Crippen molar-refractivity contribution in [3.63, 3.8) is 0 Å². The van der Waals surface area contributed by atoms with E-state index in [4.69, 9.17) is 5.73 Å². The number of nitrogens with one attached hydrogen (secondary N) is 1. The number of nitrogen functional groups attached to an aromatic ring is 1. The van der Waals surface area contributed by atoms with Gasteiger partial charge in [-0.25, -0.2) is 4.98 Å². The van der Waals surface area contributed by atoms with Gasteiger partial charge in [-0.2, -0.15) is 0 Å². The highest BCUT2D eigenvalue weighted by Gasteiger charge is 2.05. The molecule has 0 saturated heterocycles. The molecular formula is C14H18N4. The third-order valence-electron chi connectivity index (χ3n) is 2.80. The van der Waals surface area contributed by atoms with Crippen LogP contribution in [0, 0.1) is 6.92 Å². The van der Waals surface area contributed by atoms with Crippen LogP contribution in [-0.4, -0.2) is 19.1 Å². The second-order valence-electron chi connectivity index (χ2n) is 4.46. The van der Waals surface area contributed by atoms with Gasteiger partial charge in [-0.05, 0) is 30.7 Å². The highest BCUT2D eigenvalue weighted by Crippen LogP contribution is 2.27. The predicted octanol–water partition coefficient (Wildman–Crippen LogP) is 2.78. The summed E-state index contributed by atoms with van der Waals surface area (Å²) in [6.07, 6.45) is 1.68. The molecule has 0 amide bonds. The Morgan fingerprint density at radius 3 is 2.61 bits per heavy atom. The van der Waals surface area contributed by atoms with E-state index >= 15 is 0 Å². The molecule has 1 aromatic carbocycles. The molecule has 0 fully saturated rings. The van der Waals surface area contributed by atoms with Crippen LogP contribution in [0.25, 0.3) is 0 Å². The van der Waals surface area contributed by atoms with Gasteiger partial charge in [0.1, 0.15) is 5.82 Å². The van der Waals surface area contributed by atoms with Crippen LogP contribution in [0.2, 0.25) is 0 Å². The van der Waals surface area contributed by atoms with Crippen LogP contribution in [0.1, 0.15) is 5.56 Å².